The number of nitrogens with zero attached hydrogens (tertiary/aromatic N) is 1. The molecule has 0 radical (unpaired) electrons. The molecule has 1 N–H and O–H groups in total. The highest BCUT2D eigenvalue weighted by molar-refractivity contribution is 7.99. The van der Waals surface area contributed by atoms with E-state index in [0.717, 1.165) is 18.2 Å². The normalized spacial score (nSPS) is 22.4. The van der Waals surface area contributed by atoms with Crippen molar-refractivity contribution >= 4 is 11.8 Å². The Bertz CT molecular complexity index is 268. The zero-order valence-electron chi connectivity index (χ0n) is 7.75. The maximum absolute atomic E-state index is 5.62. The highest BCUT2D eigenvalue weighted by atomic mass is 32.2. The fraction of sp³-hybridized carbons (Fsp3) is 0.667. The minimum atomic E-state index is 0.551. The lowest BCUT2D eigenvalue weighted by atomic mass is 10.1. The Labute approximate surface area is 82.3 Å². The van der Waals surface area contributed by atoms with Crippen LogP contribution in [0.1, 0.15) is 24.0 Å². The first-order chi connectivity index (χ1) is 6.40. The highest BCUT2D eigenvalue weighted by Gasteiger charge is 2.21. The largest absolute Gasteiger partial charge is 0.444 e. The molecular formula is C9H14N2OS. The molecule has 1 aliphatic rings. The molecule has 1 atom stereocenters. The first-order valence-corrected chi connectivity index (χ1v) is 5.72. The van der Waals surface area contributed by atoms with E-state index in [-0.39, 0.29) is 0 Å². The van der Waals surface area contributed by atoms with Gasteiger partial charge in [-0.2, -0.15) is 11.8 Å². The van der Waals surface area contributed by atoms with Crippen molar-refractivity contribution in [3.63, 3.8) is 0 Å². The standard InChI is InChI=1S/C9H14N2OS/c1-10-4-8-5-11-9(12-8)7-2-3-13-6-7/h5,7,10H,2-4,6H2,1H3. The van der Waals surface area contributed by atoms with E-state index >= 15 is 0 Å². The molecule has 3 nitrogen and oxygen atoms in total. The number of nitrogens with one attached hydrogen (secondary N) is 1. The summed E-state index contributed by atoms with van der Waals surface area (Å²) in [6.07, 6.45) is 3.04. The molecule has 0 bridgehead atoms. The molecular weight excluding hydrogens is 184 g/mol. The Hall–Kier alpha value is -0.480. The topological polar surface area (TPSA) is 38.1 Å². The second-order valence-corrected chi connectivity index (χ2v) is 4.41. The van der Waals surface area contributed by atoms with Gasteiger partial charge in [-0.1, -0.05) is 0 Å². The van der Waals surface area contributed by atoms with Crippen LogP contribution in [0.25, 0.3) is 0 Å². The fourth-order valence-corrected chi connectivity index (χ4v) is 2.71. The summed E-state index contributed by atoms with van der Waals surface area (Å²) < 4.78 is 5.62. The summed E-state index contributed by atoms with van der Waals surface area (Å²) in [5, 5.41) is 3.05. The van der Waals surface area contributed by atoms with E-state index in [0.29, 0.717) is 5.92 Å². The Morgan fingerprint density at radius 1 is 1.77 bits per heavy atom. The van der Waals surface area contributed by atoms with Gasteiger partial charge in [-0.3, -0.25) is 0 Å². The fourth-order valence-electron chi connectivity index (χ4n) is 1.50. The predicted octanol–water partition coefficient (Wildman–Crippen LogP) is 1.61. The Kier molecular flexibility index (Phi) is 2.90. The van der Waals surface area contributed by atoms with Gasteiger partial charge in [0.1, 0.15) is 5.76 Å². The van der Waals surface area contributed by atoms with Gasteiger partial charge in [0.2, 0.25) is 0 Å². The van der Waals surface area contributed by atoms with E-state index in [2.05, 4.69) is 10.3 Å². The summed E-state index contributed by atoms with van der Waals surface area (Å²) in [5.74, 6) is 4.83. The molecule has 1 aromatic rings. The molecule has 2 heterocycles. The minimum Gasteiger partial charge on any atom is -0.444 e. The average Bonchev–Trinajstić information content (AvgIpc) is 2.70. The summed E-state index contributed by atoms with van der Waals surface area (Å²) in [6.45, 7) is 0.771. The lowest BCUT2D eigenvalue weighted by Crippen LogP contribution is -2.03. The first kappa shape index (κ1) is 9.09. The number of hydrogen-bond donors (Lipinski definition) is 1. The summed E-state index contributed by atoms with van der Waals surface area (Å²) in [5.41, 5.74) is 0. The third kappa shape index (κ3) is 2.06. The molecule has 1 fully saturated rings. The molecule has 0 saturated carbocycles. The molecule has 0 spiro atoms. The van der Waals surface area contributed by atoms with Crippen molar-refractivity contribution < 1.29 is 4.42 Å². The van der Waals surface area contributed by atoms with Crippen LogP contribution in [0.2, 0.25) is 0 Å². The van der Waals surface area contributed by atoms with E-state index in [9.17, 15) is 0 Å². The van der Waals surface area contributed by atoms with Gasteiger partial charge in [-0.05, 0) is 19.2 Å². The summed E-state index contributed by atoms with van der Waals surface area (Å²) in [7, 11) is 1.91. The van der Waals surface area contributed by atoms with Crippen LogP contribution in [0.3, 0.4) is 0 Å². The summed E-state index contributed by atoms with van der Waals surface area (Å²) >= 11 is 1.98. The first-order valence-electron chi connectivity index (χ1n) is 4.57. The van der Waals surface area contributed by atoms with Gasteiger partial charge in [-0.15, -0.1) is 0 Å². The molecule has 0 aromatic carbocycles. The lowest BCUT2D eigenvalue weighted by Gasteiger charge is -2.00. The molecule has 1 unspecified atom stereocenters. The molecule has 13 heavy (non-hydrogen) atoms. The second-order valence-electron chi connectivity index (χ2n) is 3.26. The third-order valence-electron chi connectivity index (χ3n) is 2.20. The second kappa shape index (κ2) is 4.15. The molecule has 1 aliphatic heterocycles. The maximum atomic E-state index is 5.62. The molecule has 1 aromatic heterocycles. The number of oxazole rings is 1. The van der Waals surface area contributed by atoms with Crippen molar-refractivity contribution in [2.24, 2.45) is 0 Å². The van der Waals surface area contributed by atoms with E-state index < -0.39 is 0 Å². The van der Waals surface area contributed by atoms with E-state index in [1.54, 1.807) is 0 Å². The van der Waals surface area contributed by atoms with Gasteiger partial charge in [-0.25, -0.2) is 4.98 Å². The third-order valence-corrected chi connectivity index (χ3v) is 3.36. The smallest absolute Gasteiger partial charge is 0.198 e. The Balaban J connectivity index is 2.03. The number of thioether (sulfide) groups is 1. The van der Waals surface area contributed by atoms with E-state index in [4.69, 9.17) is 4.42 Å². The zero-order valence-corrected chi connectivity index (χ0v) is 8.56. The number of hydrogen-bond acceptors (Lipinski definition) is 4. The molecule has 2 rings (SSSR count). The van der Waals surface area contributed by atoms with Crippen molar-refractivity contribution in [1.29, 1.82) is 0 Å². The van der Waals surface area contributed by atoms with Crippen LogP contribution in [0.15, 0.2) is 10.6 Å². The van der Waals surface area contributed by atoms with Gasteiger partial charge in [0, 0.05) is 11.7 Å². The van der Waals surface area contributed by atoms with Crippen molar-refractivity contribution in [3.05, 3.63) is 17.8 Å². The molecule has 1 saturated heterocycles. The molecule has 0 aliphatic carbocycles. The highest BCUT2D eigenvalue weighted by Crippen LogP contribution is 2.31. The monoisotopic (exact) mass is 198 g/mol. The van der Waals surface area contributed by atoms with Crippen molar-refractivity contribution in [2.45, 2.75) is 18.9 Å². The van der Waals surface area contributed by atoms with Gasteiger partial charge in [0.25, 0.3) is 0 Å². The van der Waals surface area contributed by atoms with Crippen LogP contribution in [0, 0.1) is 0 Å². The Morgan fingerprint density at radius 3 is 3.38 bits per heavy atom. The zero-order chi connectivity index (χ0) is 9.10. The van der Waals surface area contributed by atoms with Crippen LogP contribution >= 0.6 is 11.8 Å². The SMILES string of the molecule is CNCc1cnc(C2CCSC2)o1. The minimum absolute atomic E-state index is 0.551. The van der Waals surface area contributed by atoms with E-state index in [1.807, 2.05) is 25.0 Å². The number of aromatic nitrogens is 1. The average molecular weight is 198 g/mol. The maximum Gasteiger partial charge on any atom is 0.198 e. The predicted molar refractivity (Wildman–Crippen MR) is 53.9 cm³/mol. The molecule has 4 heteroatoms. The van der Waals surface area contributed by atoms with Gasteiger partial charge in [0.15, 0.2) is 5.89 Å². The lowest BCUT2D eigenvalue weighted by molar-refractivity contribution is 0.422. The van der Waals surface area contributed by atoms with Crippen LogP contribution in [0.5, 0.6) is 0 Å². The van der Waals surface area contributed by atoms with Crippen molar-refractivity contribution in [1.82, 2.24) is 10.3 Å². The van der Waals surface area contributed by atoms with Crippen LogP contribution < -0.4 is 5.32 Å². The summed E-state index contributed by atoms with van der Waals surface area (Å²) in [4.78, 5) is 4.30. The summed E-state index contributed by atoms with van der Waals surface area (Å²) in [6, 6.07) is 0. The van der Waals surface area contributed by atoms with Crippen molar-refractivity contribution in [2.75, 3.05) is 18.6 Å². The van der Waals surface area contributed by atoms with Crippen molar-refractivity contribution in [3.8, 4) is 0 Å². The van der Waals surface area contributed by atoms with E-state index in [1.165, 1.54) is 17.9 Å². The van der Waals surface area contributed by atoms with Gasteiger partial charge < -0.3 is 9.73 Å². The van der Waals surface area contributed by atoms with Crippen LogP contribution in [0.4, 0.5) is 0 Å². The van der Waals surface area contributed by atoms with Gasteiger partial charge >= 0.3 is 0 Å². The Morgan fingerprint density at radius 2 is 2.69 bits per heavy atom. The number of rotatable bonds is 3. The molecule has 72 valence electrons. The van der Waals surface area contributed by atoms with Crippen LogP contribution in [-0.2, 0) is 6.54 Å². The van der Waals surface area contributed by atoms with Gasteiger partial charge in [0.05, 0.1) is 12.7 Å². The quantitative estimate of drug-likeness (QED) is 0.801. The molecule has 0 amide bonds. The van der Waals surface area contributed by atoms with Crippen LogP contribution in [-0.4, -0.2) is 23.5 Å².